The minimum absolute atomic E-state index is 0.373. The summed E-state index contributed by atoms with van der Waals surface area (Å²) in [4.78, 5) is 12.0. The second kappa shape index (κ2) is 10.5. The van der Waals surface area contributed by atoms with Crippen LogP contribution in [0.1, 0.15) is 45.6 Å². The van der Waals surface area contributed by atoms with Gasteiger partial charge >= 0.3 is 6.09 Å². The maximum absolute atomic E-state index is 12.0. The summed E-state index contributed by atoms with van der Waals surface area (Å²) in [6.07, 6.45) is 2.31. The number of rotatable bonds is 9. The lowest BCUT2D eigenvalue weighted by Crippen LogP contribution is -2.14. The van der Waals surface area contributed by atoms with Crippen molar-refractivity contribution in [3.63, 3.8) is 0 Å². The summed E-state index contributed by atoms with van der Waals surface area (Å²) in [6.45, 7) is 7.79. The highest BCUT2D eigenvalue weighted by atomic mass is 16.5. The zero-order chi connectivity index (χ0) is 22.2. The molecule has 0 aliphatic rings. The largest absolute Gasteiger partial charge is 0.494 e. The third-order valence-corrected chi connectivity index (χ3v) is 5.01. The first kappa shape index (κ1) is 22.2. The van der Waals surface area contributed by atoms with Gasteiger partial charge in [0.2, 0.25) is 0 Å². The van der Waals surface area contributed by atoms with Gasteiger partial charge in [0.05, 0.1) is 30.0 Å². The summed E-state index contributed by atoms with van der Waals surface area (Å²) < 4.78 is 13.0. The molecule has 31 heavy (non-hydrogen) atoms. The fourth-order valence-corrected chi connectivity index (χ4v) is 3.64. The molecule has 0 radical (unpaired) electrons. The minimum atomic E-state index is -0.479. The summed E-state index contributed by atoms with van der Waals surface area (Å²) >= 11 is 0. The number of amides is 1. The summed E-state index contributed by atoms with van der Waals surface area (Å²) in [5.41, 5.74) is 3.96. The van der Waals surface area contributed by atoms with Crippen LogP contribution in [0.2, 0.25) is 0 Å². The number of benzene rings is 2. The molecule has 0 saturated heterocycles. The first-order chi connectivity index (χ1) is 15.1. The first-order valence-corrected chi connectivity index (χ1v) is 10.9. The Labute approximate surface area is 183 Å². The molecule has 6 heteroatoms. The average molecular weight is 420 g/mol. The van der Waals surface area contributed by atoms with Gasteiger partial charge in [-0.25, -0.2) is 4.79 Å². The number of carbonyl (C=O) groups is 1. The number of hydrogen-bond acceptors (Lipinski definition) is 4. The van der Waals surface area contributed by atoms with Crippen molar-refractivity contribution in [3.8, 4) is 23.1 Å². The first-order valence-electron chi connectivity index (χ1n) is 10.9. The Hall–Kier alpha value is -3.46. The van der Waals surface area contributed by atoms with Crippen molar-refractivity contribution in [2.24, 2.45) is 0 Å². The van der Waals surface area contributed by atoms with Gasteiger partial charge in [0.15, 0.2) is 0 Å². The van der Waals surface area contributed by atoms with E-state index >= 15 is 0 Å². The van der Waals surface area contributed by atoms with Crippen molar-refractivity contribution >= 4 is 22.7 Å². The van der Waals surface area contributed by atoms with Gasteiger partial charge in [-0.05, 0) is 44.0 Å². The van der Waals surface area contributed by atoms with E-state index in [-0.39, 0.29) is 0 Å². The van der Waals surface area contributed by atoms with Crippen LogP contribution in [0.3, 0.4) is 0 Å². The van der Waals surface area contributed by atoms with E-state index in [0.717, 1.165) is 53.7 Å². The third kappa shape index (κ3) is 5.00. The molecule has 0 aliphatic carbocycles. The van der Waals surface area contributed by atoms with E-state index in [0.29, 0.717) is 24.5 Å². The van der Waals surface area contributed by atoms with Crippen LogP contribution >= 0.6 is 0 Å². The molecular weight excluding hydrogens is 390 g/mol. The van der Waals surface area contributed by atoms with Crippen molar-refractivity contribution in [1.29, 1.82) is 5.26 Å². The minimum Gasteiger partial charge on any atom is -0.494 e. The fraction of sp³-hybridized carbons (Fsp3) is 0.360. The van der Waals surface area contributed by atoms with Crippen molar-refractivity contribution < 1.29 is 14.3 Å². The van der Waals surface area contributed by atoms with Gasteiger partial charge in [0, 0.05) is 29.2 Å². The van der Waals surface area contributed by atoms with Crippen LogP contribution in [0.4, 0.5) is 10.5 Å². The van der Waals surface area contributed by atoms with E-state index in [1.54, 1.807) is 0 Å². The van der Waals surface area contributed by atoms with Crippen LogP contribution in [-0.2, 0) is 11.3 Å². The van der Waals surface area contributed by atoms with Crippen molar-refractivity contribution in [3.05, 3.63) is 48.0 Å². The Morgan fingerprint density at radius 1 is 1.13 bits per heavy atom. The molecule has 0 unspecified atom stereocenters. The number of ether oxygens (including phenoxy) is 2. The number of unbranched alkanes of at least 4 members (excludes halogenated alkanes) is 1. The second-order valence-electron chi connectivity index (χ2n) is 7.29. The molecule has 3 aromatic rings. The Balaban J connectivity index is 2.11. The topological polar surface area (TPSA) is 76.3 Å². The molecule has 2 aromatic carbocycles. The van der Waals surface area contributed by atoms with Gasteiger partial charge < -0.3 is 14.0 Å². The number of aromatic nitrogens is 1. The molecule has 3 rings (SSSR count). The molecule has 6 nitrogen and oxygen atoms in total. The third-order valence-electron chi connectivity index (χ3n) is 5.01. The fourth-order valence-electron chi connectivity index (χ4n) is 3.64. The number of nitrogens with one attached hydrogen (secondary N) is 1. The molecule has 0 spiro atoms. The van der Waals surface area contributed by atoms with Crippen LogP contribution in [0.5, 0.6) is 5.75 Å². The zero-order valence-electron chi connectivity index (χ0n) is 18.4. The Morgan fingerprint density at radius 3 is 2.68 bits per heavy atom. The van der Waals surface area contributed by atoms with Crippen molar-refractivity contribution in [2.75, 3.05) is 18.5 Å². The predicted octanol–water partition coefficient (Wildman–Crippen LogP) is 6.34. The van der Waals surface area contributed by atoms with Crippen molar-refractivity contribution in [1.82, 2.24) is 4.57 Å². The van der Waals surface area contributed by atoms with Gasteiger partial charge in [-0.2, -0.15) is 5.26 Å². The molecule has 0 fully saturated rings. The van der Waals surface area contributed by atoms with E-state index in [4.69, 9.17) is 9.47 Å². The zero-order valence-corrected chi connectivity index (χ0v) is 18.4. The lowest BCUT2D eigenvalue weighted by Gasteiger charge is -2.13. The van der Waals surface area contributed by atoms with E-state index in [9.17, 15) is 10.1 Å². The number of anilines is 1. The second-order valence-corrected chi connectivity index (χ2v) is 7.29. The monoisotopic (exact) mass is 419 g/mol. The molecule has 1 N–H and O–H groups in total. The summed E-state index contributed by atoms with van der Waals surface area (Å²) in [6, 6.07) is 15.8. The highest BCUT2D eigenvalue weighted by Crippen LogP contribution is 2.36. The molecule has 0 atom stereocenters. The SMILES string of the molecule is CCCCn1c(-c2cccc(NC(=O)OCCC)c2)c(C#N)c2ccc(OCC)cc21. The number of nitrogens with zero attached hydrogens (tertiary/aromatic N) is 2. The number of nitriles is 1. The van der Waals surface area contributed by atoms with E-state index in [2.05, 4.69) is 22.9 Å². The summed E-state index contributed by atoms with van der Waals surface area (Å²) in [7, 11) is 0. The van der Waals surface area contributed by atoms with E-state index in [1.165, 1.54) is 0 Å². The molecular formula is C25H29N3O3. The van der Waals surface area contributed by atoms with Crippen LogP contribution in [0.15, 0.2) is 42.5 Å². The summed E-state index contributed by atoms with van der Waals surface area (Å²) in [5, 5.41) is 13.7. The van der Waals surface area contributed by atoms with Crippen LogP contribution < -0.4 is 10.1 Å². The maximum atomic E-state index is 12.0. The number of aryl methyl sites for hydroxylation is 1. The molecule has 1 heterocycles. The van der Waals surface area contributed by atoms with E-state index in [1.807, 2.05) is 56.3 Å². The molecule has 0 saturated carbocycles. The lowest BCUT2D eigenvalue weighted by molar-refractivity contribution is 0.161. The Morgan fingerprint density at radius 2 is 1.97 bits per heavy atom. The molecule has 1 aromatic heterocycles. The number of carbonyl (C=O) groups excluding carboxylic acids is 1. The van der Waals surface area contributed by atoms with Gasteiger partial charge in [-0.15, -0.1) is 0 Å². The van der Waals surface area contributed by atoms with Gasteiger partial charge in [-0.1, -0.05) is 32.4 Å². The maximum Gasteiger partial charge on any atom is 0.411 e. The standard InChI is InChI=1S/C25H29N3O3/c1-4-7-13-28-23-16-20(30-6-3)11-12-21(23)22(17-26)24(28)18-9-8-10-19(15-18)27-25(29)31-14-5-2/h8-12,15-16H,4-7,13-14H2,1-3H3,(H,27,29). The van der Waals surface area contributed by atoms with Crippen LogP contribution in [0.25, 0.3) is 22.2 Å². The Kier molecular flexibility index (Phi) is 7.55. The molecule has 0 bridgehead atoms. The number of fused-ring (bicyclic) bond motifs is 1. The smallest absolute Gasteiger partial charge is 0.411 e. The number of hydrogen-bond donors (Lipinski definition) is 1. The quantitative estimate of drug-likeness (QED) is 0.439. The molecule has 0 aliphatic heterocycles. The highest BCUT2D eigenvalue weighted by molar-refractivity contribution is 5.96. The molecule has 162 valence electrons. The predicted molar refractivity (Wildman–Crippen MR) is 123 cm³/mol. The van der Waals surface area contributed by atoms with E-state index < -0.39 is 6.09 Å². The van der Waals surface area contributed by atoms with Gasteiger partial charge in [0.1, 0.15) is 11.8 Å². The highest BCUT2D eigenvalue weighted by Gasteiger charge is 2.19. The lowest BCUT2D eigenvalue weighted by atomic mass is 10.1. The van der Waals surface area contributed by atoms with Crippen LogP contribution in [0, 0.1) is 11.3 Å². The van der Waals surface area contributed by atoms with Gasteiger partial charge in [0.25, 0.3) is 0 Å². The van der Waals surface area contributed by atoms with Gasteiger partial charge in [-0.3, -0.25) is 5.32 Å². The summed E-state index contributed by atoms with van der Waals surface area (Å²) in [5.74, 6) is 0.787. The van der Waals surface area contributed by atoms with Crippen molar-refractivity contribution in [2.45, 2.75) is 46.6 Å². The van der Waals surface area contributed by atoms with Crippen LogP contribution in [-0.4, -0.2) is 23.9 Å². The normalized spacial score (nSPS) is 10.6. The Bertz CT molecular complexity index is 1100. The molecule has 1 amide bonds. The average Bonchev–Trinajstić information content (AvgIpc) is 3.09.